The fraction of sp³-hybridized carbons (Fsp3) is 0.200. The molecule has 3 rings (SSSR count). The second kappa shape index (κ2) is 6.47. The number of aliphatic hydroxyl groups is 1. The van der Waals surface area contributed by atoms with Crippen molar-refractivity contribution < 1.29 is 14.7 Å². The van der Waals surface area contributed by atoms with Crippen LogP contribution in [0, 0.1) is 19.3 Å². The predicted octanol–water partition coefficient (Wildman–Crippen LogP) is 3.20. The van der Waals surface area contributed by atoms with Gasteiger partial charge in [0.15, 0.2) is 11.4 Å². The highest BCUT2D eigenvalue weighted by atomic mass is 79.9. The molecular formula is C20H16BrNO3. The second-order valence-electron chi connectivity index (χ2n) is 6.08. The Hall–Kier alpha value is -2.42. The minimum absolute atomic E-state index is 0.0362. The second-order valence-corrected chi connectivity index (χ2v) is 7.00. The van der Waals surface area contributed by atoms with E-state index in [1.54, 1.807) is 30.3 Å². The summed E-state index contributed by atoms with van der Waals surface area (Å²) >= 11 is 3.35. The number of halogens is 1. The molecule has 0 aromatic heterocycles. The van der Waals surface area contributed by atoms with Gasteiger partial charge in [0.1, 0.15) is 0 Å². The molecule has 25 heavy (non-hydrogen) atoms. The Balaban J connectivity index is 2.01. The molecule has 0 fully saturated rings. The maximum atomic E-state index is 12.8. The lowest BCUT2D eigenvalue weighted by atomic mass is 9.88. The fourth-order valence-electron chi connectivity index (χ4n) is 3.02. The summed E-state index contributed by atoms with van der Waals surface area (Å²) in [6.45, 7) is 1.96. The first kappa shape index (κ1) is 17.4. The molecule has 0 saturated carbocycles. The van der Waals surface area contributed by atoms with Crippen LogP contribution in [0.3, 0.4) is 0 Å². The zero-order chi connectivity index (χ0) is 18.2. The molecular weight excluding hydrogens is 382 g/mol. The number of Topliss-reactive ketones (excluding diaryl/α,β-unsaturated/α-hetero) is 1. The van der Waals surface area contributed by atoms with Crippen molar-refractivity contribution in [2.45, 2.75) is 18.9 Å². The van der Waals surface area contributed by atoms with E-state index < -0.39 is 11.5 Å². The van der Waals surface area contributed by atoms with E-state index in [0.717, 1.165) is 5.56 Å². The molecule has 0 spiro atoms. The smallest absolute Gasteiger partial charge is 0.265 e. The van der Waals surface area contributed by atoms with Crippen molar-refractivity contribution in [2.75, 3.05) is 11.4 Å². The van der Waals surface area contributed by atoms with Gasteiger partial charge in [-0.15, -0.1) is 6.42 Å². The van der Waals surface area contributed by atoms with Crippen molar-refractivity contribution in [3.63, 3.8) is 0 Å². The molecule has 0 bridgehead atoms. The first-order valence-corrected chi connectivity index (χ1v) is 8.54. The van der Waals surface area contributed by atoms with Gasteiger partial charge in [-0.3, -0.25) is 14.5 Å². The number of amides is 1. The van der Waals surface area contributed by atoms with E-state index in [9.17, 15) is 14.7 Å². The summed E-state index contributed by atoms with van der Waals surface area (Å²) in [5, 5.41) is 11.1. The molecule has 0 saturated heterocycles. The third-order valence-corrected chi connectivity index (χ3v) is 4.83. The van der Waals surface area contributed by atoms with Crippen LogP contribution in [0.5, 0.6) is 0 Å². The highest BCUT2D eigenvalue weighted by Crippen LogP contribution is 2.43. The van der Waals surface area contributed by atoms with Gasteiger partial charge in [-0.05, 0) is 25.1 Å². The van der Waals surface area contributed by atoms with Crippen molar-refractivity contribution in [3.05, 3.63) is 63.6 Å². The summed E-state index contributed by atoms with van der Waals surface area (Å²) in [6, 6.07) is 12.2. The van der Waals surface area contributed by atoms with Crippen LogP contribution in [-0.4, -0.2) is 23.3 Å². The molecule has 2 aromatic rings. The number of benzene rings is 2. The number of rotatable bonds is 4. The Labute approximate surface area is 154 Å². The first-order valence-electron chi connectivity index (χ1n) is 7.74. The van der Waals surface area contributed by atoms with Crippen LogP contribution in [0.1, 0.15) is 27.9 Å². The van der Waals surface area contributed by atoms with Gasteiger partial charge in [0.25, 0.3) is 5.91 Å². The zero-order valence-corrected chi connectivity index (χ0v) is 15.2. The summed E-state index contributed by atoms with van der Waals surface area (Å²) in [4.78, 5) is 26.8. The van der Waals surface area contributed by atoms with Crippen molar-refractivity contribution in [3.8, 4) is 12.3 Å². The molecule has 1 unspecified atom stereocenters. The molecule has 1 heterocycles. The number of ketones is 1. The van der Waals surface area contributed by atoms with Gasteiger partial charge in [0.2, 0.25) is 0 Å². The van der Waals surface area contributed by atoms with E-state index in [0.29, 0.717) is 21.3 Å². The molecule has 5 heteroatoms. The van der Waals surface area contributed by atoms with E-state index in [2.05, 4.69) is 21.9 Å². The van der Waals surface area contributed by atoms with E-state index in [1.165, 1.54) is 4.90 Å². The van der Waals surface area contributed by atoms with Gasteiger partial charge in [0, 0.05) is 15.6 Å². The summed E-state index contributed by atoms with van der Waals surface area (Å²) in [5.41, 5.74) is 0.492. The Morgan fingerprint density at radius 2 is 1.96 bits per heavy atom. The Kier molecular flexibility index (Phi) is 4.51. The minimum Gasteiger partial charge on any atom is -0.375 e. The number of fused-ring (bicyclic) bond motifs is 1. The number of anilines is 1. The third kappa shape index (κ3) is 2.99. The monoisotopic (exact) mass is 397 g/mol. The number of carbonyl (C=O) groups excluding carboxylic acids is 2. The number of hydrogen-bond acceptors (Lipinski definition) is 3. The molecule has 1 N–H and O–H groups in total. The Morgan fingerprint density at radius 3 is 2.60 bits per heavy atom. The van der Waals surface area contributed by atoms with Crippen LogP contribution in [0.4, 0.5) is 5.69 Å². The fourth-order valence-corrected chi connectivity index (χ4v) is 3.38. The number of nitrogens with zero attached hydrogens (tertiary/aromatic N) is 1. The number of aryl methyl sites for hydroxylation is 1. The largest absolute Gasteiger partial charge is 0.375 e. The maximum absolute atomic E-state index is 12.8. The number of terminal acetylenes is 1. The van der Waals surface area contributed by atoms with Gasteiger partial charge in [-0.2, -0.15) is 0 Å². The number of carbonyl (C=O) groups is 2. The molecule has 1 atom stereocenters. The maximum Gasteiger partial charge on any atom is 0.265 e. The Bertz CT molecular complexity index is 898. The van der Waals surface area contributed by atoms with Crippen LogP contribution in [-0.2, 0) is 10.4 Å². The van der Waals surface area contributed by atoms with Gasteiger partial charge in [-0.1, -0.05) is 51.7 Å². The lowest BCUT2D eigenvalue weighted by Crippen LogP contribution is -2.42. The molecule has 0 radical (unpaired) electrons. The highest BCUT2D eigenvalue weighted by molar-refractivity contribution is 9.10. The molecule has 4 nitrogen and oxygen atoms in total. The minimum atomic E-state index is -1.92. The SMILES string of the molecule is C#CCN1C(=O)C(O)(CC(=O)c2ccc(C)cc2)c2cc(Br)ccc21. The molecule has 2 aromatic carbocycles. The van der Waals surface area contributed by atoms with E-state index in [-0.39, 0.29) is 18.7 Å². The van der Waals surface area contributed by atoms with Gasteiger partial charge >= 0.3 is 0 Å². The molecule has 126 valence electrons. The van der Waals surface area contributed by atoms with Crippen LogP contribution >= 0.6 is 15.9 Å². The van der Waals surface area contributed by atoms with Crippen LogP contribution in [0.25, 0.3) is 0 Å². The molecule has 0 aliphatic carbocycles. The normalized spacial score (nSPS) is 18.8. The van der Waals surface area contributed by atoms with Crippen LogP contribution < -0.4 is 4.90 Å². The topological polar surface area (TPSA) is 57.6 Å². The van der Waals surface area contributed by atoms with Gasteiger partial charge in [-0.25, -0.2) is 0 Å². The van der Waals surface area contributed by atoms with Gasteiger partial charge < -0.3 is 5.11 Å². The third-order valence-electron chi connectivity index (χ3n) is 4.33. The summed E-state index contributed by atoms with van der Waals surface area (Å²) in [5.74, 6) is 1.55. The van der Waals surface area contributed by atoms with E-state index >= 15 is 0 Å². The van der Waals surface area contributed by atoms with E-state index in [4.69, 9.17) is 6.42 Å². The first-order chi connectivity index (χ1) is 11.9. The van der Waals surface area contributed by atoms with Crippen molar-refractivity contribution in [2.24, 2.45) is 0 Å². The average Bonchev–Trinajstić information content (AvgIpc) is 2.77. The van der Waals surface area contributed by atoms with Crippen molar-refractivity contribution >= 4 is 33.3 Å². The Morgan fingerprint density at radius 1 is 1.28 bits per heavy atom. The molecule has 1 aliphatic heterocycles. The molecule has 1 aliphatic rings. The zero-order valence-electron chi connectivity index (χ0n) is 13.6. The van der Waals surface area contributed by atoms with Crippen molar-refractivity contribution in [1.82, 2.24) is 0 Å². The lowest BCUT2D eigenvalue weighted by Gasteiger charge is -2.22. The quantitative estimate of drug-likeness (QED) is 0.636. The highest BCUT2D eigenvalue weighted by Gasteiger charge is 2.50. The standard InChI is InChI=1S/C20H16BrNO3/c1-3-10-22-17-9-8-15(21)11-16(17)20(25,19(22)24)12-18(23)14-6-4-13(2)5-7-14/h1,4-9,11,25H,10,12H2,2H3. The van der Waals surface area contributed by atoms with Crippen LogP contribution in [0.15, 0.2) is 46.9 Å². The van der Waals surface area contributed by atoms with Gasteiger partial charge in [0.05, 0.1) is 18.7 Å². The summed E-state index contributed by atoms with van der Waals surface area (Å²) < 4.78 is 0.711. The average molecular weight is 398 g/mol. The summed E-state index contributed by atoms with van der Waals surface area (Å²) in [7, 11) is 0. The van der Waals surface area contributed by atoms with Crippen molar-refractivity contribution in [1.29, 1.82) is 0 Å². The van der Waals surface area contributed by atoms with E-state index in [1.807, 2.05) is 19.1 Å². The molecule has 1 amide bonds. The summed E-state index contributed by atoms with van der Waals surface area (Å²) in [6.07, 6.45) is 5.02. The lowest BCUT2D eigenvalue weighted by molar-refractivity contribution is -0.135. The predicted molar refractivity (Wildman–Crippen MR) is 99.4 cm³/mol. The van der Waals surface area contributed by atoms with Crippen LogP contribution in [0.2, 0.25) is 0 Å². The number of hydrogen-bond donors (Lipinski definition) is 1.